The maximum atomic E-state index is 12.6. The van der Waals surface area contributed by atoms with Crippen LogP contribution in [0.25, 0.3) is 0 Å². The highest BCUT2D eigenvalue weighted by Gasteiger charge is 2.40. The summed E-state index contributed by atoms with van der Waals surface area (Å²) < 4.78 is 0. The largest absolute Gasteiger partial charge is 0.368 e. The van der Waals surface area contributed by atoms with Crippen LogP contribution in [0, 0.1) is 0 Å². The third-order valence-electron chi connectivity index (χ3n) is 3.90. The lowest BCUT2D eigenvalue weighted by Gasteiger charge is -2.26. The highest BCUT2D eigenvalue weighted by atomic mass is 16.2. The van der Waals surface area contributed by atoms with Gasteiger partial charge in [-0.25, -0.2) is 0 Å². The Bertz CT molecular complexity index is 523. The molecule has 2 heterocycles. The Morgan fingerprint density at radius 3 is 2.79 bits per heavy atom. The van der Waals surface area contributed by atoms with Gasteiger partial charge in [0.15, 0.2) is 0 Å². The van der Waals surface area contributed by atoms with Crippen molar-refractivity contribution in [2.24, 2.45) is 5.73 Å². The Labute approximate surface area is 111 Å². The Hall–Kier alpha value is -1.88. The molecule has 2 amide bonds. The molecule has 0 bridgehead atoms. The van der Waals surface area contributed by atoms with E-state index >= 15 is 0 Å². The predicted molar refractivity (Wildman–Crippen MR) is 71.6 cm³/mol. The summed E-state index contributed by atoms with van der Waals surface area (Å²) in [7, 11) is 0. The monoisotopic (exact) mass is 259 g/mol. The van der Waals surface area contributed by atoms with E-state index in [1.54, 1.807) is 4.90 Å². The van der Waals surface area contributed by atoms with E-state index in [4.69, 9.17) is 5.73 Å². The summed E-state index contributed by atoms with van der Waals surface area (Å²) in [6.45, 7) is 0.854. The van der Waals surface area contributed by atoms with Crippen molar-refractivity contribution in [3.63, 3.8) is 0 Å². The molecule has 1 aromatic rings. The van der Waals surface area contributed by atoms with Gasteiger partial charge < -0.3 is 11.1 Å². The zero-order chi connectivity index (χ0) is 13.4. The normalized spacial score (nSPS) is 25.4. The zero-order valence-electron chi connectivity index (χ0n) is 10.6. The first-order chi connectivity index (χ1) is 9.18. The number of hydrogen-bond acceptors (Lipinski definition) is 3. The summed E-state index contributed by atoms with van der Waals surface area (Å²) in [6.07, 6.45) is 2.33. The van der Waals surface area contributed by atoms with Gasteiger partial charge in [0, 0.05) is 12.1 Å². The fourth-order valence-corrected chi connectivity index (χ4v) is 2.95. The Morgan fingerprint density at radius 1 is 1.32 bits per heavy atom. The van der Waals surface area contributed by atoms with Crippen LogP contribution in [0.1, 0.15) is 18.4 Å². The second-order valence-electron chi connectivity index (χ2n) is 5.11. The number of fused-ring (bicyclic) bond motifs is 1. The van der Waals surface area contributed by atoms with Crippen molar-refractivity contribution in [3.05, 3.63) is 29.8 Å². The van der Waals surface area contributed by atoms with Crippen molar-refractivity contribution < 1.29 is 9.59 Å². The standard InChI is InChI=1S/C14H17N3O2/c15-13(18)12-8-9-4-1-2-6-11(9)17(12)14(19)10-5-3-7-16-10/h1-2,4,6,10,12,16H,3,5,7-8H2,(H2,15,18)/t10-,12?/m0/s1. The molecule has 5 heteroatoms. The van der Waals surface area contributed by atoms with Crippen LogP contribution in [0.4, 0.5) is 5.69 Å². The molecule has 0 aliphatic carbocycles. The Kier molecular flexibility index (Phi) is 2.98. The number of carbonyl (C=O) groups excluding carboxylic acids is 2. The third-order valence-corrected chi connectivity index (χ3v) is 3.90. The maximum Gasteiger partial charge on any atom is 0.244 e. The number of rotatable bonds is 2. The highest BCUT2D eigenvalue weighted by molar-refractivity contribution is 6.05. The van der Waals surface area contributed by atoms with Gasteiger partial charge in [-0.1, -0.05) is 18.2 Å². The molecule has 1 aromatic carbocycles. The lowest BCUT2D eigenvalue weighted by atomic mass is 10.1. The minimum absolute atomic E-state index is 0.0359. The summed E-state index contributed by atoms with van der Waals surface area (Å²) in [5, 5.41) is 3.18. The van der Waals surface area contributed by atoms with Crippen LogP contribution >= 0.6 is 0 Å². The molecule has 0 spiro atoms. The molecular formula is C14H17N3O2. The van der Waals surface area contributed by atoms with Crippen molar-refractivity contribution in [3.8, 4) is 0 Å². The number of nitrogens with zero attached hydrogens (tertiary/aromatic N) is 1. The summed E-state index contributed by atoms with van der Waals surface area (Å²) in [4.78, 5) is 25.8. The van der Waals surface area contributed by atoms with Crippen molar-refractivity contribution in [1.82, 2.24) is 5.32 Å². The topological polar surface area (TPSA) is 75.4 Å². The van der Waals surface area contributed by atoms with Gasteiger partial charge in [-0.3, -0.25) is 14.5 Å². The second-order valence-corrected chi connectivity index (χ2v) is 5.11. The van der Waals surface area contributed by atoms with Gasteiger partial charge in [0.05, 0.1) is 6.04 Å². The molecule has 1 fully saturated rings. The summed E-state index contributed by atoms with van der Waals surface area (Å²) in [5.74, 6) is -0.478. The first-order valence-electron chi connectivity index (χ1n) is 6.62. The number of nitrogens with two attached hydrogens (primary N) is 1. The SMILES string of the molecule is NC(=O)C1Cc2ccccc2N1C(=O)[C@@H]1CCCN1. The van der Waals surface area contributed by atoms with E-state index in [0.717, 1.165) is 30.6 Å². The number of anilines is 1. The van der Waals surface area contributed by atoms with E-state index in [-0.39, 0.29) is 11.9 Å². The molecule has 1 unspecified atom stereocenters. The second kappa shape index (κ2) is 4.66. The number of amides is 2. The molecule has 0 saturated carbocycles. The van der Waals surface area contributed by atoms with Crippen molar-refractivity contribution in [2.45, 2.75) is 31.3 Å². The van der Waals surface area contributed by atoms with Gasteiger partial charge in [-0.15, -0.1) is 0 Å². The van der Waals surface area contributed by atoms with Crippen molar-refractivity contribution >= 4 is 17.5 Å². The minimum Gasteiger partial charge on any atom is -0.368 e. The van der Waals surface area contributed by atoms with Crippen molar-refractivity contribution in [1.29, 1.82) is 0 Å². The molecule has 3 N–H and O–H groups in total. The van der Waals surface area contributed by atoms with Gasteiger partial charge in [0.25, 0.3) is 0 Å². The van der Waals surface area contributed by atoms with Crippen molar-refractivity contribution in [2.75, 3.05) is 11.4 Å². The highest BCUT2D eigenvalue weighted by Crippen LogP contribution is 2.33. The smallest absolute Gasteiger partial charge is 0.244 e. The van der Waals surface area contributed by atoms with Crippen LogP contribution in [0.3, 0.4) is 0 Å². The lowest BCUT2D eigenvalue weighted by molar-refractivity contribution is -0.125. The van der Waals surface area contributed by atoms with E-state index in [1.165, 1.54) is 0 Å². The van der Waals surface area contributed by atoms with Crippen LogP contribution in [0.2, 0.25) is 0 Å². The molecule has 1 saturated heterocycles. The fraction of sp³-hybridized carbons (Fsp3) is 0.429. The van der Waals surface area contributed by atoms with E-state index in [2.05, 4.69) is 5.32 Å². The summed E-state index contributed by atoms with van der Waals surface area (Å²) in [5.41, 5.74) is 7.29. The average Bonchev–Trinajstić information content (AvgIpc) is 3.05. The molecule has 0 radical (unpaired) electrons. The Balaban J connectivity index is 1.95. The molecule has 2 aliphatic rings. The van der Waals surface area contributed by atoms with Gasteiger partial charge in [0.2, 0.25) is 11.8 Å². The number of carbonyl (C=O) groups is 2. The van der Waals surface area contributed by atoms with E-state index in [0.29, 0.717) is 6.42 Å². The van der Waals surface area contributed by atoms with E-state index in [1.807, 2.05) is 24.3 Å². The molecule has 2 atom stereocenters. The zero-order valence-corrected chi connectivity index (χ0v) is 10.6. The quantitative estimate of drug-likeness (QED) is 0.795. The summed E-state index contributed by atoms with van der Waals surface area (Å²) >= 11 is 0. The van der Waals surface area contributed by atoms with Gasteiger partial charge in [-0.05, 0) is 31.0 Å². The van der Waals surface area contributed by atoms with Crippen LogP contribution < -0.4 is 16.0 Å². The van der Waals surface area contributed by atoms with E-state index in [9.17, 15) is 9.59 Å². The van der Waals surface area contributed by atoms with E-state index < -0.39 is 11.9 Å². The van der Waals surface area contributed by atoms with Crippen LogP contribution in [-0.4, -0.2) is 30.4 Å². The number of benzene rings is 1. The lowest BCUT2D eigenvalue weighted by Crippen LogP contribution is -2.51. The predicted octanol–water partition coefficient (Wildman–Crippen LogP) is 0.182. The first-order valence-corrected chi connectivity index (χ1v) is 6.62. The molecule has 5 nitrogen and oxygen atoms in total. The maximum absolute atomic E-state index is 12.6. The first kappa shape index (κ1) is 12.2. The molecule has 2 aliphatic heterocycles. The molecular weight excluding hydrogens is 242 g/mol. The third kappa shape index (κ3) is 2.00. The van der Waals surface area contributed by atoms with Crippen LogP contribution in [0.5, 0.6) is 0 Å². The Morgan fingerprint density at radius 2 is 2.11 bits per heavy atom. The molecule has 19 heavy (non-hydrogen) atoms. The number of nitrogens with one attached hydrogen (secondary N) is 1. The van der Waals surface area contributed by atoms with Crippen LogP contribution in [0.15, 0.2) is 24.3 Å². The molecule has 100 valence electrons. The average molecular weight is 259 g/mol. The fourth-order valence-electron chi connectivity index (χ4n) is 2.95. The van der Waals surface area contributed by atoms with Crippen LogP contribution in [-0.2, 0) is 16.0 Å². The molecule has 3 rings (SSSR count). The number of hydrogen-bond donors (Lipinski definition) is 2. The van der Waals surface area contributed by atoms with Gasteiger partial charge >= 0.3 is 0 Å². The van der Waals surface area contributed by atoms with Gasteiger partial charge in [-0.2, -0.15) is 0 Å². The number of para-hydroxylation sites is 1. The van der Waals surface area contributed by atoms with Gasteiger partial charge in [0.1, 0.15) is 6.04 Å². The molecule has 0 aromatic heterocycles. The minimum atomic E-state index is -0.549. The summed E-state index contributed by atoms with van der Waals surface area (Å²) in [6, 6.07) is 6.88. The number of primary amides is 1.